The highest BCUT2D eigenvalue weighted by molar-refractivity contribution is 9.09. The molecule has 6 heteroatoms. The molecule has 1 aliphatic heterocycles. The summed E-state index contributed by atoms with van der Waals surface area (Å²) in [5.41, 5.74) is 0.0169. The molecule has 2 rings (SSSR count). The van der Waals surface area contributed by atoms with Crippen molar-refractivity contribution in [3.8, 4) is 0 Å². The first kappa shape index (κ1) is 13.5. The zero-order valence-electron chi connectivity index (χ0n) is 9.80. The molecule has 1 aromatic carbocycles. The van der Waals surface area contributed by atoms with Gasteiger partial charge in [-0.25, -0.2) is 9.78 Å². The minimum Gasteiger partial charge on any atom is -0.258 e. The van der Waals surface area contributed by atoms with Crippen LogP contribution in [0.3, 0.4) is 0 Å². The van der Waals surface area contributed by atoms with Crippen molar-refractivity contribution in [3.05, 3.63) is 39.9 Å². The van der Waals surface area contributed by atoms with Crippen LogP contribution in [0, 0.1) is 10.1 Å². The summed E-state index contributed by atoms with van der Waals surface area (Å²) in [5.74, 6) is 0. The molecule has 0 radical (unpaired) electrons. The van der Waals surface area contributed by atoms with Gasteiger partial charge in [-0.1, -0.05) is 28.1 Å². The number of benzene rings is 1. The Morgan fingerprint density at radius 3 is 2.83 bits per heavy atom. The van der Waals surface area contributed by atoms with Crippen molar-refractivity contribution >= 4 is 21.6 Å². The van der Waals surface area contributed by atoms with E-state index in [9.17, 15) is 10.1 Å². The van der Waals surface area contributed by atoms with E-state index in [0.717, 1.165) is 11.8 Å². The second-order valence-corrected chi connectivity index (χ2v) is 5.01. The number of nitro groups is 1. The van der Waals surface area contributed by atoms with Gasteiger partial charge in [-0.2, -0.15) is 0 Å². The van der Waals surface area contributed by atoms with Gasteiger partial charge in [-0.3, -0.25) is 10.1 Å². The van der Waals surface area contributed by atoms with Crippen LogP contribution in [-0.4, -0.2) is 16.9 Å². The Morgan fingerprint density at radius 2 is 2.22 bits per heavy atom. The molecular weight excluding hydrogens is 302 g/mol. The van der Waals surface area contributed by atoms with Crippen LogP contribution in [0.5, 0.6) is 0 Å². The summed E-state index contributed by atoms with van der Waals surface area (Å²) in [6.07, 6.45) is 2.21. The fraction of sp³-hybridized carbons (Fsp3) is 0.500. The van der Waals surface area contributed by atoms with Crippen molar-refractivity contribution in [2.24, 2.45) is 0 Å². The smallest absolute Gasteiger partial charge is 0.258 e. The van der Waals surface area contributed by atoms with Crippen molar-refractivity contribution in [3.63, 3.8) is 0 Å². The van der Waals surface area contributed by atoms with Crippen LogP contribution in [0.15, 0.2) is 24.3 Å². The highest BCUT2D eigenvalue weighted by Crippen LogP contribution is 2.42. The molecular formula is C12H14BrNO4. The Labute approximate surface area is 113 Å². The first-order valence-electron chi connectivity index (χ1n) is 5.80. The van der Waals surface area contributed by atoms with E-state index in [0.29, 0.717) is 25.0 Å². The Morgan fingerprint density at radius 1 is 1.44 bits per heavy atom. The maximum atomic E-state index is 11.1. The quantitative estimate of drug-likeness (QED) is 0.362. The Balaban J connectivity index is 2.39. The van der Waals surface area contributed by atoms with Gasteiger partial charge in [0.25, 0.3) is 5.69 Å². The average molecular weight is 316 g/mol. The summed E-state index contributed by atoms with van der Waals surface area (Å²) in [6, 6.07) is 6.71. The molecule has 5 nitrogen and oxygen atoms in total. The Hall–Kier alpha value is -0.980. The van der Waals surface area contributed by atoms with Crippen LogP contribution in [0.25, 0.3) is 0 Å². The number of alkyl halides is 1. The van der Waals surface area contributed by atoms with E-state index in [2.05, 4.69) is 15.9 Å². The zero-order valence-corrected chi connectivity index (χ0v) is 11.4. The van der Waals surface area contributed by atoms with Gasteiger partial charge in [0, 0.05) is 17.8 Å². The molecule has 1 aliphatic rings. The first-order valence-corrected chi connectivity index (χ1v) is 6.92. The topological polar surface area (TPSA) is 61.6 Å². The van der Waals surface area contributed by atoms with Gasteiger partial charge in [-0.05, 0) is 18.9 Å². The molecule has 1 aromatic rings. The predicted molar refractivity (Wildman–Crippen MR) is 69.5 cm³/mol. The fourth-order valence-electron chi connectivity index (χ4n) is 2.25. The first-order chi connectivity index (χ1) is 8.69. The monoisotopic (exact) mass is 315 g/mol. The second-order valence-electron chi connectivity index (χ2n) is 4.22. The molecule has 0 aliphatic carbocycles. The molecule has 1 fully saturated rings. The van der Waals surface area contributed by atoms with Crippen LogP contribution in [0.4, 0.5) is 5.69 Å². The van der Waals surface area contributed by atoms with E-state index in [1.54, 1.807) is 18.2 Å². The lowest BCUT2D eigenvalue weighted by Crippen LogP contribution is -2.26. The van der Waals surface area contributed by atoms with Gasteiger partial charge in [0.05, 0.1) is 17.1 Å². The van der Waals surface area contributed by atoms with Gasteiger partial charge >= 0.3 is 0 Å². The lowest BCUT2D eigenvalue weighted by molar-refractivity contribution is -0.389. The second kappa shape index (κ2) is 5.77. The summed E-state index contributed by atoms with van der Waals surface area (Å²) in [5, 5.41) is 11.9. The number of hydrogen-bond acceptors (Lipinski definition) is 4. The molecule has 0 spiro atoms. The van der Waals surface area contributed by atoms with Gasteiger partial charge in [0.2, 0.25) is 0 Å². The zero-order chi connectivity index (χ0) is 13.0. The molecule has 1 saturated heterocycles. The van der Waals surface area contributed by atoms with Crippen molar-refractivity contribution in [2.75, 3.05) is 11.9 Å². The maximum absolute atomic E-state index is 11.1. The van der Waals surface area contributed by atoms with Crippen LogP contribution >= 0.6 is 15.9 Å². The predicted octanol–water partition coefficient (Wildman–Crippen LogP) is 3.32. The molecule has 98 valence electrons. The van der Waals surface area contributed by atoms with Crippen molar-refractivity contribution < 1.29 is 14.7 Å². The highest BCUT2D eigenvalue weighted by Gasteiger charge is 2.42. The molecule has 1 unspecified atom stereocenters. The van der Waals surface area contributed by atoms with Crippen molar-refractivity contribution in [2.45, 2.75) is 24.9 Å². The maximum Gasteiger partial charge on any atom is 0.275 e. The number of hydrogen-bond donors (Lipinski definition) is 0. The summed E-state index contributed by atoms with van der Waals surface area (Å²) in [7, 11) is 0. The van der Waals surface area contributed by atoms with Crippen molar-refractivity contribution in [1.29, 1.82) is 0 Å². The third-order valence-corrected chi connectivity index (χ3v) is 3.67. The molecule has 0 amide bonds. The number of para-hydroxylation sites is 1. The SMILES string of the molecule is O=[N+]([O-])c1ccccc1C1(CCCBr)CCOO1. The minimum absolute atomic E-state index is 0.0950. The van der Waals surface area contributed by atoms with E-state index in [1.165, 1.54) is 6.07 Å². The summed E-state index contributed by atoms with van der Waals surface area (Å²) < 4.78 is 0. The highest BCUT2D eigenvalue weighted by atomic mass is 79.9. The number of rotatable bonds is 5. The molecule has 0 bridgehead atoms. The van der Waals surface area contributed by atoms with Gasteiger partial charge < -0.3 is 0 Å². The van der Waals surface area contributed by atoms with Crippen LogP contribution in [0.1, 0.15) is 24.8 Å². The van der Waals surface area contributed by atoms with Gasteiger partial charge in [-0.15, -0.1) is 0 Å². The summed E-state index contributed by atoms with van der Waals surface area (Å²) >= 11 is 3.37. The molecule has 0 saturated carbocycles. The molecule has 1 heterocycles. The van der Waals surface area contributed by atoms with E-state index in [4.69, 9.17) is 9.78 Å². The molecule has 0 N–H and O–H groups in total. The third-order valence-electron chi connectivity index (χ3n) is 3.11. The summed E-state index contributed by atoms with van der Waals surface area (Å²) in [6.45, 7) is 0.467. The number of halogens is 1. The van der Waals surface area contributed by atoms with E-state index in [-0.39, 0.29) is 10.6 Å². The summed E-state index contributed by atoms with van der Waals surface area (Å²) in [4.78, 5) is 21.1. The van der Waals surface area contributed by atoms with E-state index < -0.39 is 5.60 Å². The Kier molecular flexibility index (Phi) is 4.31. The van der Waals surface area contributed by atoms with Crippen LogP contribution in [0.2, 0.25) is 0 Å². The lowest BCUT2D eigenvalue weighted by atomic mass is 9.86. The fourth-order valence-corrected chi connectivity index (χ4v) is 2.53. The van der Waals surface area contributed by atoms with Gasteiger partial charge in [0.15, 0.2) is 0 Å². The standard InChI is InChI=1S/C12H14BrNO4/c13-8-3-6-12(7-9-17-18-12)10-4-1-2-5-11(10)14(15)16/h1-2,4-5H,3,6-9H2. The number of nitrogens with zero attached hydrogens (tertiary/aromatic N) is 1. The van der Waals surface area contributed by atoms with E-state index in [1.807, 2.05) is 0 Å². The third kappa shape index (κ3) is 2.55. The number of nitro benzene ring substituents is 1. The average Bonchev–Trinajstić information content (AvgIpc) is 2.86. The lowest BCUT2D eigenvalue weighted by Gasteiger charge is -2.25. The Bertz CT molecular complexity index is 432. The van der Waals surface area contributed by atoms with Crippen LogP contribution in [-0.2, 0) is 15.4 Å². The van der Waals surface area contributed by atoms with E-state index >= 15 is 0 Å². The molecule has 0 aromatic heterocycles. The van der Waals surface area contributed by atoms with Crippen LogP contribution < -0.4 is 0 Å². The van der Waals surface area contributed by atoms with Gasteiger partial charge in [0.1, 0.15) is 5.60 Å². The molecule has 1 atom stereocenters. The van der Waals surface area contributed by atoms with Crippen molar-refractivity contribution in [1.82, 2.24) is 0 Å². The minimum atomic E-state index is -0.683. The normalized spacial score (nSPS) is 23.2. The molecule has 18 heavy (non-hydrogen) atoms. The largest absolute Gasteiger partial charge is 0.275 e.